The van der Waals surface area contributed by atoms with Gasteiger partial charge in [-0.3, -0.25) is 4.57 Å². The van der Waals surface area contributed by atoms with Gasteiger partial charge in [-0.2, -0.15) is 0 Å². The molecule has 0 saturated carbocycles. The number of para-hydroxylation sites is 2. The van der Waals surface area contributed by atoms with Gasteiger partial charge in [0.15, 0.2) is 0 Å². The molecule has 114 valence electrons. The summed E-state index contributed by atoms with van der Waals surface area (Å²) in [4.78, 5) is 0. The van der Waals surface area contributed by atoms with E-state index in [4.69, 9.17) is 0 Å². The molecule has 1 N–H and O–H groups in total. The molecule has 2 heterocycles. The molecule has 0 aromatic heterocycles. The lowest BCUT2D eigenvalue weighted by molar-refractivity contribution is 0.433. The van der Waals surface area contributed by atoms with E-state index >= 15 is 0 Å². The molecule has 0 amide bonds. The van der Waals surface area contributed by atoms with E-state index < -0.39 is 7.44 Å². The van der Waals surface area contributed by atoms with Crippen LogP contribution in [-0.4, -0.2) is 28.9 Å². The van der Waals surface area contributed by atoms with Gasteiger partial charge in [0, 0.05) is 24.8 Å². The summed E-state index contributed by atoms with van der Waals surface area (Å²) < 4.78 is 18.2. The predicted octanol–water partition coefficient (Wildman–Crippen LogP) is 3.20. The quantitative estimate of drug-likeness (QED) is 0.865. The van der Waals surface area contributed by atoms with E-state index in [1.54, 1.807) is 18.2 Å². The van der Waals surface area contributed by atoms with Crippen LogP contribution in [0.2, 0.25) is 0 Å². The third-order valence-corrected chi connectivity index (χ3v) is 7.93. The number of hydrogen-bond donors (Lipinski definition) is 1. The van der Waals surface area contributed by atoms with Crippen LogP contribution in [-0.2, 0) is 4.57 Å². The molecule has 22 heavy (non-hydrogen) atoms. The Hall–Kier alpha value is -1.77. The lowest BCUT2D eigenvalue weighted by Gasteiger charge is -2.31. The average molecular weight is 314 g/mol. The van der Waals surface area contributed by atoms with Crippen LogP contribution in [0.5, 0.6) is 5.75 Å². The van der Waals surface area contributed by atoms with Crippen molar-refractivity contribution in [1.82, 2.24) is 4.67 Å². The second-order valence-electron chi connectivity index (χ2n) is 5.91. The summed E-state index contributed by atoms with van der Waals surface area (Å²) in [7, 11) is -2.98. The number of aromatic hydroxyl groups is 1. The normalized spacial score (nSPS) is 28.0. The van der Waals surface area contributed by atoms with Gasteiger partial charge in [-0.05, 0) is 37.1 Å². The fraction of sp³-hybridized carbons (Fsp3) is 0.294. The lowest BCUT2D eigenvalue weighted by atomic mass is 10.2. The molecule has 2 aliphatic rings. The number of anilines is 1. The maximum Gasteiger partial charge on any atom is 0.273 e. The van der Waals surface area contributed by atoms with Crippen molar-refractivity contribution in [3.05, 3.63) is 54.6 Å². The summed E-state index contributed by atoms with van der Waals surface area (Å²) in [5, 5.41) is 10.9. The van der Waals surface area contributed by atoms with Gasteiger partial charge in [0.25, 0.3) is 7.44 Å². The minimum Gasteiger partial charge on any atom is -0.507 e. The van der Waals surface area contributed by atoms with Crippen LogP contribution in [0.1, 0.15) is 12.8 Å². The van der Waals surface area contributed by atoms with E-state index in [2.05, 4.69) is 4.67 Å². The molecule has 0 radical (unpaired) electrons. The summed E-state index contributed by atoms with van der Waals surface area (Å²) in [6.07, 6.45) is 2.14. The zero-order chi connectivity index (χ0) is 15.2. The Morgan fingerprint density at radius 2 is 1.77 bits per heavy atom. The number of phenols is 1. The highest BCUT2D eigenvalue weighted by atomic mass is 31.2. The summed E-state index contributed by atoms with van der Waals surface area (Å²) in [5.74, 6) is 0.124. The maximum absolute atomic E-state index is 14.1. The van der Waals surface area contributed by atoms with Crippen LogP contribution in [0.3, 0.4) is 0 Å². The first-order valence-corrected chi connectivity index (χ1v) is 9.31. The number of benzene rings is 2. The smallest absolute Gasteiger partial charge is 0.273 e. The van der Waals surface area contributed by atoms with Gasteiger partial charge < -0.3 is 9.78 Å². The first-order chi connectivity index (χ1) is 10.7. The van der Waals surface area contributed by atoms with Crippen molar-refractivity contribution in [3.63, 3.8) is 0 Å². The van der Waals surface area contributed by atoms with Crippen molar-refractivity contribution in [2.24, 2.45) is 0 Å². The first-order valence-electron chi connectivity index (χ1n) is 7.70. The molecule has 2 aromatic rings. The van der Waals surface area contributed by atoms with Crippen molar-refractivity contribution in [2.75, 3.05) is 17.8 Å². The third-order valence-electron chi connectivity index (χ3n) is 4.65. The zero-order valence-corrected chi connectivity index (χ0v) is 13.2. The SMILES string of the molecule is O=[P@]1(c2ccccc2O)N(c2ccccc2)C[C@@H]2CCCN21. The minimum absolute atomic E-state index is 0.124. The van der Waals surface area contributed by atoms with Gasteiger partial charge in [0.1, 0.15) is 5.75 Å². The molecule has 5 heteroatoms. The van der Waals surface area contributed by atoms with Crippen molar-refractivity contribution < 1.29 is 9.67 Å². The Morgan fingerprint density at radius 1 is 1.05 bits per heavy atom. The summed E-state index contributed by atoms with van der Waals surface area (Å²) in [6, 6.07) is 17.2. The van der Waals surface area contributed by atoms with E-state index in [0.717, 1.165) is 31.6 Å². The third kappa shape index (κ3) is 1.91. The Bertz CT molecular complexity index is 734. The van der Waals surface area contributed by atoms with Gasteiger partial charge in [-0.15, -0.1) is 0 Å². The highest BCUT2D eigenvalue weighted by Gasteiger charge is 2.52. The monoisotopic (exact) mass is 314 g/mol. The number of hydrogen-bond acceptors (Lipinski definition) is 2. The van der Waals surface area contributed by atoms with Crippen molar-refractivity contribution in [3.8, 4) is 5.75 Å². The average Bonchev–Trinajstić information content (AvgIpc) is 3.11. The Morgan fingerprint density at radius 3 is 2.55 bits per heavy atom. The van der Waals surface area contributed by atoms with Crippen LogP contribution in [0.4, 0.5) is 5.69 Å². The molecular formula is C17H19N2O2P. The van der Waals surface area contributed by atoms with E-state index in [1.165, 1.54) is 0 Å². The van der Waals surface area contributed by atoms with Crippen molar-refractivity contribution >= 4 is 18.4 Å². The standard InChI is InChI=1S/C17H19N2O2P/c20-16-10-4-5-11-17(16)22(21)18-12-6-9-15(18)13-19(22)14-7-2-1-3-8-14/h1-5,7-8,10-11,15,20H,6,9,12-13H2/t15-,22-/m0/s1. The Balaban J connectivity index is 1.88. The fourth-order valence-corrected chi connectivity index (χ4v) is 7.02. The van der Waals surface area contributed by atoms with Crippen molar-refractivity contribution in [1.29, 1.82) is 0 Å². The second-order valence-corrected chi connectivity index (χ2v) is 8.48. The molecule has 0 aliphatic carbocycles. The summed E-state index contributed by atoms with van der Waals surface area (Å²) in [6.45, 7) is 1.59. The van der Waals surface area contributed by atoms with Gasteiger partial charge in [-0.1, -0.05) is 30.3 Å². The van der Waals surface area contributed by atoms with Crippen LogP contribution >= 0.6 is 7.44 Å². The van der Waals surface area contributed by atoms with Gasteiger partial charge in [0.05, 0.1) is 5.30 Å². The molecule has 4 nitrogen and oxygen atoms in total. The molecule has 2 atom stereocenters. The molecule has 2 fully saturated rings. The second kappa shape index (κ2) is 5.15. The largest absolute Gasteiger partial charge is 0.507 e. The van der Waals surface area contributed by atoms with Crippen LogP contribution in [0, 0.1) is 0 Å². The predicted molar refractivity (Wildman–Crippen MR) is 88.9 cm³/mol. The van der Waals surface area contributed by atoms with Gasteiger partial charge in [0.2, 0.25) is 0 Å². The summed E-state index contributed by atoms with van der Waals surface area (Å²) in [5.41, 5.74) is 0.962. The van der Waals surface area contributed by atoms with Gasteiger partial charge in [-0.25, -0.2) is 4.67 Å². The Kier molecular flexibility index (Phi) is 3.24. The highest BCUT2D eigenvalue weighted by Crippen LogP contribution is 2.62. The Labute approximate surface area is 130 Å². The fourth-order valence-electron chi connectivity index (χ4n) is 3.65. The molecule has 2 saturated heterocycles. The van der Waals surface area contributed by atoms with Crippen LogP contribution in [0.15, 0.2) is 54.6 Å². The first kappa shape index (κ1) is 13.9. The maximum atomic E-state index is 14.1. The lowest BCUT2D eigenvalue weighted by Crippen LogP contribution is -2.27. The minimum atomic E-state index is -2.98. The topological polar surface area (TPSA) is 43.8 Å². The van der Waals surface area contributed by atoms with Crippen LogP contribution in [0.25, 0.3) is 0 Å². The van der Waals surface area contributed by atoms with Gasteiger partial charge >= 0.3 is 0 Å². The number of phenolic OH excluding ortho intramolecular Hbond substituents is 1. The van der Waals surface area contributed by atoms with E-state index in [9.17, 15) is 9.67 Å². The molecule has 4 rings (SSSR count). The molecule has 0 unspecified atom stereocenters. The molecule has 2 aliphatic heterocycles. The van der Waals surface area contributed by atoms with E-state index in [-0.39, 0.29) is 5.75 Å². The summed E-state index contributed by atoms with van der Waals surface area (Å²) >= 11 is 0. The highest BCUT2D eigenvalue weighted by molar-refractivity contribution is 7.71. The molecular weight excluding hydrogens is 295 g/mol. The van der Waals surface area contributed by atoms with E-state index in [1.807, 2.05) is 41.1 Å². The van der Waals surface area contributed by atoms with Crippen molar-refractivity contribution in [2.45, 2.75) is 18.9 Å². The molecule has 0 spiro atoms. The van der Waals surface area contributed by atoms with Crippen LogP contribution < -0.4 is 9.97 Å². The molecule has 0 bridgehead atoms. The number of fused-ring (bicyclic) bond motifs is 1. The van der Waals surface area contributed by atoms with E-state index in [0.29, 0.717) is 11.3 Å². The number of rotatable bonds is 2. The number of nitrogens with zero attached hydrogens (tertiary/aromatic N) is 2. The zero-order valence-electron chi connectivity index (χ0n) is 12.3. The molecule has 2 aromatic carbocycles.